The van der Waals surface area contributed by atoms with E-state index in [9.17, 15) is 5.11 Å². The van der Waals surface area contributed by atoms with Crippen LogP contribution in [0, 0.1) is 6.92 Å². The van der Waals surface area contributed by atoms with Gasteiger partial charge in [-0.3, -0.25) is 4.98 Å². The van der Waals surface area contributed by atoms with Gasteiger partial charge in [0.25, 0.3) is 0 Å². The Hall–Kier alpha value is -2.02. The van der Waals surface area contributed by atoms with Crippen LogP contribution in [0.2, 0.25) is 0 Å². The van der Waals surface area contributed by atoms with Crippen molar-refractivity contribution in [1.82, 2.24) is 20.1 Å². The van der Waals surface area contributed by atoms with Crippen LogP contribution in [-0.4, -0.2) is 43.9 Å². The van der Waals surface area contributed by atoms with Crippen LogP contribution in [0.1, 0.15) is 49.0 Å². The van der Waals surface area contributed by atoms with Crippen LogP contribution in [0.4, 0.5) is 5.82 Å². The molecule has 2 aromatic heterocycles. The molecule has 1 N–H and O–H groups in total. The molecule has 2 aromatic rings. The number of β-amino-alcohol motifs (C(OH)–C–C–N with tert-alkyl or cyclic N) is 1. The van der Waals surface area contributed by atoms with Gasteiger partial charge < -0.3 is 14.5 Å². The third kappa shape index (κ3) is 3.06. The summed E-state index contributed by atoms with van der Waals surface area (Å²) in [5, 5.41) is 15.0. The van der Waals surface area contributed by atoms with Gasteiger partial charge in [-0.15, -0.1) is 0 Å². The van der Waals surface area contributed by atoms with Crippen LogP contribution in [0.3, 0.4) is 0 Å². The van der Waals surface area contributed by atoms with E-state index in [1.165, 1.54) is 0 Å². The molecule has 2 aliphatic rings. The second kappa shape index (κ2) is 5.56. The fourth-order valence-electron chi connectivity index (χ4n) is 3.28. The van der Waals surface area contributed by atoms with Crippen molar-refractivity contribution in [3.63, 3.8) is 0 Å². The van der Waals surface area contributed by atoms with E-state index in [1.54, 1.807) is 12.4 Å². The van der Waals surface area contributed by atoms with Crippen LogP contribution in [0.5, 0.6) is 0 Å². The molecule has 1 aliphatic heterocycles. The molecule has 4 rings (SSSR count). The van der Waals surface area contributed by atoms with Crippen molar-refractivity contribution in [3.05, 3.63) is 29.8 Å². The van der Waals surface area contributed by atoms with Gasteiger partial charge >= 0.3 is 0 Å². The van der Waals surface area contributed by atoms with Crippen molar-refractivity contribution in [2.45, 2.75) is 50.5 Å². The number of hydrogen-bond donors (Lipinski definition) is 1. The van der Waals surface area contributed by atoms with Gasteiger partial charge in [-0.2, -0.15) is 4.98 Å². The van der Waals surface area contributed by atoms with E-state index < -0.39 is 5.60 Å². The highest BCUT2D eigenvalue weighted by Crippen LogP contribution is 2.38. The summed E-state index contributed by atoms with van der Waals surface area (Å²) < 4.78 is 5.33. The van der Waals surface area contributed by atoms with Crippen molar-refractivity contribution < 1.29 is 9.63 Å². The molecule has 0 radical (unpaired) electrons. The Labute approximate surface area is 134 Å². The minimum Gasteiger partial charge on any atom is -0.388 e. The predicted molar refractivity (Wildman–Crippen MR) is 83.1 cm³/mol. The first-order valence-electron chi connectivity index (χ1n) is 8.20. The quantitative estimate of drug-likeness (QED) is 0.917. The molecule has 0 bridgehead atoms. The lowest BCUT2D eigenvalue weighted by Crippen LogP contribution is -2.50. The number of rotatable bonds is 4. The molecule has 1 atom stereocenters. The lowest BCUT2D eigenvalue weighted by molar-refractivity contribution is 0.0191. The molecular formula is C16H21N5O2. The van der Waals surface area contributed by atoms with E-state index in [-0.39, 0.29) is 0 Å². The smallest absolute Gasteiger partial charge is 0.229 e. The molecule has 122 valence electrons. The number of anilines is 1. The summed E-state index contributed by atoms with van der Waals surface area (Å²) in [6.45, 7) is 3.32. The summed E-state index contributed by atoms with van der Waals surface area (Å²) in [7, 11) is 0. The van der Waals surface area contributed by atoms with E-state index in [4.69, 9.17) is 4.52 Å². The molecule has 7 nitrogen and oxygen atoms in total. The minimum atomic E-state index is -0.866. The zero-order valence-corrected chi connectivity index (χ0v) is 13.3. The van der Waals surface area contributed by atoms with Gasteiger partial charge in [-0.1, -0.05) is 5.16 Å². The first kappa shape index (κ1) is 14.6. The van der Waals surface area contributed by atoms with Gasteiger partial charge in [-0.05, 0) is 32.6 Å². The van der Waals surface area contributed by atoms with Crippen LogP contribution < -0.4 is 4.90 Å². The highest BCUT2D eigenvalue weighted by Gasteiger charge is 2.37. The Morgan fingerprint density at radius 3 is 2.96 bits per heavy atom. The Bertz CT molecular complexity index is 699. The van der Waals surface area contributed by atoms with Crippen LogP contribution in [0.15, 0.2) is 16.9 Å². The van der Waals surface area contributed by atoms with Gasteiger partial charge in [-0.25, -0.2) is 4.98 Å². The van der Waals surface area contributed by atoms with Gasteiger partial charge in [0.1, 0.15) is 5.82 Å². The Kier molecular flexibility index (Phi) is 3.52. The second-order valence-electron chi connectivity index (χ2n) is 6.71. The lowest BCUT2D eigenvalue weighted by Gasteiger charge is -2.39. The fraction of sp³-hybridized carbons (Fsp3) is 0.625. The largest absolute Gasteiger partial charge is 0.388 e. The molecule has 0 amide bonds. The van der Waals surface area contributed by atoms with Crippen molar-refractivity contribution >= 4 is 5.82 Å². The zero-order chi connectivity index (χ0) is 15.9. The van der Waals surface area contributed by atoms with E-state index in [1.807, 2.05) is 6.92 Å². The number of aromatic nitrogens is 4. The summed E-state index contributed by atoms with van der Waals surface area (Å²) >= 11 is 0. The van der Waals surface area contributed by atoms with Crippen LogP contribution in [-0.2, 0) is 6.42 Å². The van der Waals surface area contributed by atoms with Crippen molar-refractivity contribution in [2.75, 3.05) is 18.0 Å². The predicted octanol–water partition coefficient (Wildman–Crippen LogP) is 1.62. The van der Waals surface area contributed by atoms with Crippen molar-refractivity contribution in [2.24, 2.45) is 0 Å². The van der Waals surface area contributed by atoms with E-state index in [2.05, 4.69) is 25.0 Å². The molecule has 7 heteroatoms. The molecule has 1 saturated carbocycles. The average Bonchev–Trinajstić information content (AvgIpc) is 3.28. The summed E-state index contributed by atoms with van der Waals surface area (Å²) in [4.78, 5) is 15.2. The minimum absolute atomic E-state index is 0.391. The molecule has 2 fully saturated rings. The Balaban J connectivity index is 1.49. The Morgan fingerprint density at radius 1 is 1.35 bits per heavy atom. The molecule has 1 unspecified atom stereocenters. The number of aliphatic hydroxyl groups is 1. The van der Waals surface area contributed by atoms with Crippen molar-refractivity contribution in [1.29, 1.82) is 0 Å². The second-order valence-corrected chi connectivity index (χ2v) is 6.71. The number of hydrogen-bond acceptors (Lipinski definition) is 7. The SMILES string of the molecule is Cc1nccnc1N1CCCC(O)(Cc2nc(C3CC3)no2)C1. The summed E-state index contributed by atoms with van der Waals surface area (Å²) in [5.41, 5.74) is 0.0146. The maximum Gasteiger partial charge on any atom is 0.229 e. The van der Waals surface area contributed by atoms with Gasteiger partial charge in [0.15, 0.2) is 5.82 Å². The first-order chi connectivity index (χ1) is 11.1. The van der Waals surface area contributed by atoms with Gasteiger partial charge in [0.05, 0.1) is 17.7 Å². The average molecular weight is 315 g/mol. The number of nitrogens with zero attached hydrogens (tertiary/aromatic N) is 5. The number of piperidine rings is 1. The standard InChI is InChI=1S/C16H21N5O2/c1-11-15(18-7-6-17-11)21-8-2-5-16(22,10-21)9-13-19-14(20-23-13)12-3-4-12/h6-7,12,22H,2-5,8-10H2,1H3. The normalized spacial score (nSPS) is 24.9. The van der Waals surface area contributed by atoms with Gasteiger partial charge in [0, 0.05) is 31.4 Å². The highest BCUT2D eigenvalue weighted by molar-refractivity contribution is 5.43. The summed E-state index contributed by atoms with van der Waals surface area (Å²) in [6.07, 6.45) is 7.68. The van der Waals surface area contributed by atoms with Gasteiger partial charge in [0.2, 0.25) is 5.89 Å². The monoisotopic (exact) mass is 315 g/mol. The third-order valence-corrected chi connectivity index (χ3v) is 4.62. The van der Waals surface area contributed by atoms with E-state index in [0.29, 0.717) is 24.8 Å². The molecule has 3 heterocycles. The topological polar surface area (TPSA) is 88.2 Å². The van der Waals surface area contributed by atoms with Crippen LogP contribution >= 0.6 is 0 Å². The Morgan fingerprint density at radius 2 is 2.17 bits per heavy atom. The fourth-order valence-corrected chi connectivity index (χ4v) is 3.28. The van der Waals surface area contributed by atoms with Crippen molar-refractivity contribution in [3.8, 4) is 0 Å². The highest BCUT2D eigenvalue weighted by atomic mass is 16.5. The molecule has 23 heavy (non-hydrogen) atoms. The summed E-state index contributed by atoms with van der Waals surface area (Å²) in [5.74, 6) is 2.63. The first-order valence-corrected chi connectivity index (χ1v) is 8.20. The molecular weight excluding hydrogens is 294 g/mol. The molecule has 0 spiro atoms. The molecule has 0 aromatic carbocycles. The molecule has 1 saturated heterocycles. The van der Waals surface area contributed by atoms with E-state index in [0.717, 1.165) is 49.6 Å². The maximum atomic E-state index is 11.0. The van der Waals surface area contributed by atoms with E-state index >= 15 is 0 Å². The van der Waals surface area contributed by atoms with Crippen LogP contribution in [0.25, 0.3) is 0 Å². The maximum absolute atomic E-state index is 11.0. The number of aryl methyl sites for hydroxylation is 1. The third-order valence-electron chi connectivity index (χ3n) is 4.62. The molecule has 1 aliphatic carbocycles. The summed E-state index contributed by atoms with van der Waals surface area (Å²) in [6, 6.07) is 0. The lowest BCUT2D eigenvalue weighted by atomic mass is 9.89. The zero-order valence-electron chi connectivity index (χ0n) is 13.3.